The predicted molar refractivity (Wildman–Crippen MR) is 242 cm³/mol. The standard InChI is InChI=1S/C55H53NO/c1-6-14-40-28-35-47(53-46(15-7-2)37(3)55(4,5)36-51(40)53)41-24-31-44(32-25-41)56(43-29-22-39(23-30-43)38-16-9-8-10-17-38)45-33-26-42(27-34-45)48-19-13-20-50-49-18-11-12-21-52(49)57-54(48)50/h6-7,9,11-14,16-18,20-24,26-27,29-31,33-34,36,46,48H,1-3,8,10,15,19,25,28,32,35H2,4-5H3/b40-14-. The molecule has 2 atom stereocenters. The summed E-state index contributed by atoms with van der Waals surface area (Å²) in [4.78, 5) is 2.47. The molecule has 4 aromatic rings. The van der Waals surface area contributed by atoms with Gasteiger partial charge in [-0.05, 0) is 132 Å². The van der Waals surface area contributed by atoms with Crippen LogP contribution in [-0.4, -0.2) is 0 Å². The second-order valence-electron chi connectivity index (χ2n) is 16.7. The fraction of sp³-hybridized carbons (Fsp3) is 0.236. The first kappa shape index (κ1) is 36.8. The van der Waals surface area contributed by atoms with E-state index >= 15 is 0 Å². The molecular formula is C55H53NO. The van der Waals surface area contributed by atoms with E-state index in [-0.39, 0.29) is 17.3 Å². The van der Waals surface area contributed by atoms with Crippen LogP contribution >= 0.6 is 0 Å². The third kappa shape index (κ3) is 6.76. The Morgan fingerprint density at radius 1 is 0.842 bits per heavy atom. The Hall–Kier alpha value is -5.86. The normalized spacial score (nSPS) is 22.0. The van der Waals surface area contributed by atoms with E-state index in [1.165, 1.54) is 78.2 Å². The van der Waals surface area contributed by atoms with Crippen molar-refractivity contribution in [1.82, 2.24) is 0 Å². The highest BCUT2D eigenvalue weighted by Gasteiger charge is 2.39. The highest BCUT2D eigenvalue weighted by atomic mass is 16.3. The molecule has 0 fully saturated rings. The van der Waals surface area contributed by atoms with Crippen LogP contribution in [0.5, 0.6) is 0 Å². The summed E-state index contributed by atoms with van der Waals surface area (Å²) < 4.78 is 6.50. The van der Waals surface area contributed by atoms with Crippen molar-refractivity contribution in [1.29, 1.82) is 0 Å². The van der Waals surface area contributed by atoms with Crippen molar-refractivity contribution in [3.8, 4) is 0 Å². The molecule has 57 heavy (non-hydrogen) atoms. The van der Waals surface area contributed by atoms with Gasteiger partial charge in [-0.2, -0.15) is 0 Å². The average molecular weight is 744 g/mol. The van der Waals surface area contributed by atoms with Gasteiger partial charge in [0.25, 0.3) is 0 Å². The van der Waals surface area contributed by atoms with Gasteiger partial charge in [0.15, 0.2) is 0 Å². The molecule has 0 bridgehead atoms. The number of anilines is 2. The molecule has 3 aromatic carbocycles. The van der Waals surface area contributed by atoms with Crippen LogP contribution in [0.3, 0.4) is 0 Å². The van der Waals surface area contributed by atoms with Crippen LogP contribution in [0.25, 0.3) is 22.6 Å². The quantitative estimate of drug-likeness (QED) is 0.159. The van der Waals surface area contributed by atoms with Gasteiger partial charge in [0, 0.05) is 45.3 Å². The summed E-state index contributed by atoms with van der Waals surface area (Å²) in [6.45, 7) is 17.5. The lowest BCUT2D eigenvalue weighted by Gasteiger charge is -2.43. The first-order valence-corrected chi connectivity index (χ1v) is 20.9. The number of furan rings is 1. The minimum atomic E-state index is -0.0827. The van der Waals surface area contributed by atoms with Gasteiger partial charge in [-0.15, -0.1) is 6.58 Å². The lowest BCUT2D eigenvalue weighted by Crippen LogP contribution is -2.29. The van der Waals surface area contributed by atoms with Gasteiger partial charge in [-0.3, -0.25) is 0 Å². The Kier molecular flexibility index (Phi) is 9.83. The maximum absolute atomic E-state index is 6.50. The highest BCUT2D eigenvalue weighted by molar-refractivity contribution is 5.89. The molecule has 2 nitrogen and oxygen atoms in total. The second kappa shape index (κ2) is 15.2. The fourth-order valence-electron chi connectivity index (χ4n) is 9.85. The molecule has 0 aliphatic heterocycles. The number of fused-ring (bicyclic) bond motifs is 4. The van der Waals surface area contributed by atoms with Crippen LogP contribution in [-0.2, 0) is 0 Å². The minimum Gasteiger partial charge on any atom is -0.460 e. The first-order chi connectivity index (χ1) is 27.8. The number of allylic oxidation sites excluding steroid dienone is 18. The van der Waals surface area contributed by atoms with Crippen LogP contribution < -0.4 is 4.90 Å². The third-order valence-electron chi connectivity index (χ3n) is 12.9. The molecule has 0 amide bonds. The molecule has 0 N–H and O–H groups in total. The molecule has 5 aliphatic rings. The van der Waals surface area contributed by atoms with E-state index < -0.39 is 0 Å². The third-order valence-corrected chi connectivity index (χ3v) is 12.9. The van der Waals surface area contributed by atoms with E-state index in [2.05, 4.69) is 172 Å². The maximum Gasteiger partial charge on any atom is 0.134 e. The summed E-state index contributed by atoms with van der Waals surface area (Å²) in [5, 5.41) is 1.19. The summed E-state index contributed by atoms with van der Waals surface area (Å²) >= 11 is 0. The average Bonchev–Trinajstić information content (AvgIpc) is 3.63. The summed E-state index contributed by atoms with van der Waals surface area (Å²) in [6.07, 6.45) is 33.0. The van der Waals surface area contributed by atoms with Crippen molar-refractivity contribution in [2.75, 3.05) is 4.90 Å². The molecular weight excluding hydrogens is 691 g/mol. The largest absolute Gasteiger partial charge is 0.460 e. The maximum atomic E-state index is 6.50. The SMILES string of the molecule is C=C/C=C1/CCC(C2=CC=C(N(c3ccc(C4=CCCC=C4)cc3)c3ccc(C4CC=Cc5c4oc4ccccc54)cc3)CC2)=C2C1=CC(C)(C)C(=C)C2CC=C. The number of para-hydroxylation sites is 1. The number of hydrogen-bond acceptors (Lipinski definition) is 2. The number of benzene rings is 3. The van der Waals surface area contributed by atoms with Crippen LogP contribution in [0.4, 0.5) is 11.4 Å². The minimum absolute atomic E-state index is 0.0827. The molecule has 0 spiro atoms. The number of hydrogen-bond donors (Lipinski definition) is 0. The molecule has 1 aromatic heterocycles. The van der Waals surface area contributed by atoms with Crippen LogP contribution in [0, 0.1) is 11.3 Å². The molecule has 0 saturated carbocycles. The van der Waals surface area contributed by atoms with Gasteiger partial charge in [-0.1, -0.05) is 136 Å². The monoisotopic (exact) mass is 743 g/mol. The summed E-state index contributed by atoms with van der Waals surface area (Å²) in [5.74, 6) is 1.51. The molecule has 0 radical (unpaired) electrons. The van der Waals surface area contributed by atoms with Gasteiger partial charge in [0.2, 0.25) is 0 Å². The lowest BCUT2D eigenvalue weighted by atomic mass is 9.61. The van der Waals surface area contributed by atoms with Crippen molar-refractivity contribution >= 4 is 34.0 Å². The van der Waals surface area contributed by atoms with Gasteiger partial charge < -0.3 is 9.32 Å². The summed E-state index contributed by atoms with van der Waals surface area (Å²) in [6, 6.07) is 26.8. The molecule has 5 aliphatic carbocycles. The van der Waals surface area contributed by atoms with Gasteiger partial charge in [-0.25, -0.2) is 0 Å². The molecule has 2 heteroatoms. The smallest absolute Gasteiger partial charge is 0.134 e. The Morgan fingerprint density at radius 3 is 2.35 bits per heavy atom. The number of rotatable bonds is 9. The Bertz CT molecular complexity index is 2530. The van der Waals surface area contributed by atoms with E-state index in [1.54, 1.807) is 0 Å². The number of nitrogens with zero attached hydrogens (tertiary/aromatic N) is 1. The van der Waals surface area contributed by atoms with E-state index in [9.17, 15) is 0 Å². The fourth-order valence-corrected chi connectivity index (χ4v) is 9.85. The Labute approximate surface area is 339 Å². The Balaban J connectivity index is 1.10. The molecule has 1 heterocycles. The zero-order valence-electron chi connectivity index (χ0n) is 33.6. The molecule has 0 saturated heterocycles. The van der Waals surface area contributed by atoms with Crippen molar-refractivity contribution in [2.24, 2.45) is 11.3 Å². The molecule has 2 unspecified atom stereocenters. The zero-order chi connectivity index (χ0) is 39.1. The van der Waals surface area contributed by atoms with Crippen LogP contribution in [0.1, 0.15) is 93.6 Å². The van der Waals surface area contributed by atoms with Crippen LogP contribution in [0.15, 0.2) is 197 Å². The molecule has 9 rings (SSSR count). The summed E-state index contributed by atoms with van der Waals surface area (Å²) in [7, 11) is 0. The van der Waals surface area contributed by atoms with Gasteiger partial charge in [0.05, 0.1) is 0 Å². The van der Waals surface area contributed by atoms with Crippen molar-refractivity contribution < 1.29 is 4.42 Å². The van der Waals surface area contributed by atoms with E-state index in [1.807, 2.05) is 6.08 Å². The second-order valence-corrected chi connectivity index (χ2v) is 16.7. The topological polar surface area (TPSA) is 16.4 Å². The highest BCUT2D eigenvalue weighted by Crippen LogP contribution is 2.53. The van der Waals surface area contributed by atoms with E-state index in [0.29, 0.717) is 0 Å². The van der Waals surface area contributed by atoms with Gasteiger partial charge >= 0.3 is 0 Å². The van der Waals surface area contributed by atoms with Crippen molar-refractivity contribution in [3.05, 3.63) is 215 Å². The predicted octanol–water partition coefficient (Wildman–Crippen LogP) is 15.4. The van der Waals surface area contributed by atoms with Crippen molar-refractivity contribution in [3.63, 3.8) is 0 Å². The summed E-state index contributed by atoms with van der Waals surface area (Å²) in [5.41, 5.74) is 18.1. The Morgan fingerprint density at radius 2 is 1.63 bits per heavy atom. The lowest BCUT2D eigenvalue weighted by molar-refractivity contribution is 0.477. The van der Waals surface area contributed by atoms with E-state index in [0.717, 1.165) is 62.7 Å². The zero-order valence-corrected chi connectivity index (χ0v) is 33.6. The van der Waals surface area contributed by atoms with E-state index in [4.69, 9.17) is 4.42 Å². The van der Waals surface area contributed by atoms with Gasteiger partial charge in [0.1, 0.15) is 11.3 Å². The first-order valence-electron chi connectivity index (χ1n) is 20.9. The van der Waals surface area contributed by atoms with Crippen LogP contribution in [0.2, 0.25) is 0 Å². The van der Waals surface area contributed by atoms with Crippen molar-refractivity contribution in [2.45, 2.75) is 71.1 Å². The molecule has 284 valence electrons.